The molecule has 7 nitrogen and oxygen atoms in total. The number of H-pyrrole nitrogens is 2. The highest BCUT2D eigenvalue weighted by Gasteiger charge is 2.17. The Balaban J connectivity index is 2.28. The van der Waals surface area contributed by atoms with Crippen LogP contribution in [0.15, 0.2) is 10.9 Å². The molecule has 2 aromatic rings. The number of hydrogen-bond donors (Lipinski definition) is 3. The first kappa shape index (κ1) is 14.0. The minimum atomic E-state index is -0.509. The van der Waals surface area contributed by atoms with Gasteiger partial charge in [-0.2, -0.15) is 10.2 Å². The largest absolute Gasteiger partial charge is 0.305 e. The second-order valence-electron chi connectivity index (χ2n) is 4.96. The molecular weight excluding hydrogens is 258 g/mol. The monoisotopic (exact) mass is 275 g/mol. The zero-order valence-electron chi connectivity index (χ0n) is 11.9. The molecule has 0 aliphatic rings. The molecule has 0 radical (unpaired) electrons. The first-order valence-electron chi connectivity index (χ1n) is 6.32. The number of rotatable bonds is 3. The summed E-state index contributed by atoms with van der Waals surface area (Å²) in [6, 6.07) is 1.75. The normalized spacial score (nSPS) is 10.8. The van der Waals surface area contributed by atoms with E-state index in [0.717, 1.165) is 5.69 Å². The zero-order chi connectivity index (χ0) is 14.9. The van der Waals surface area contributed by atoms with Gasteiger partial charge in [0.1, 0.15) is 5.56 Å². The number of amides is 1. The van der Waals surface area contributed by atoms with Gasteiger partial charge in [0.2, 0.25) is 0 Å². The molecule has 0 aliphatic carbocycles. The topological polar surface area (TPSA) is 104 Å². The van der Waals surface area contributed by atoms with E-state index in [1.54, 1.807) is 19.9 Å². The molecule has 0 atom stereocenters. The predicted molar refractivity (Wildman–Crippen MR) is 75.0 cm³/mol. The van der Waals surface area contributed by atoms with Gasteiger partial charge < -0.3 is 5.32 Å². The number of nitrogens with one attached hydrogen (secondary N) is 3. The van der Waals surface area contributed by atoms with Gasteiger partial charge in [-0.25, -0.2) is 5.10 Å². The molecule has 106 valence electrons. The van der Waals surface area contributed by atoms with Crippen LogP contribution in [0, 0.1) is 13.8 Å². The first-order valence-corrected chi connectivity index (χ1v) is 6.32. The van der Waals surface area contributed by atoms with Crippen LogP contribution in [0.4, 0.5) is 5.82 Å². The number of carbonyl (C=O) groups is 1. The minimum absolute atomic E-state index is 0.0617. The van der Waals surface area contributed by atoms with Crippen LogP contribution in [0.25, 0.3) is 0 Å². The molecule has 0 unspecified atom stereocenters. The second kappa shape index (κ2) is 5.28. The standard InChI is InChI=1S/C13H17N5O2/c1-6(2)9-5-10(17-16-9)14-12(19)11-7(3)8(4)15-18-13(11)20/h5-6H,1-4H3,(H,18,20)(H2,14,16,17,19). The third kappa shape index (κ3) is 2.61. The van der Waals surface area contributed by atoms with Crippen LogP contribution in [-0.4, -0.2) is 26.3 Å². The van der Waals surface area contributed by atoms with Crippen LogP contribution in [0.1, 0.15) is 47.1 Å². The Bertz CT molecular complexity index is 699. The summed E-state index contributed by atoms with van der Waals surface area (Å²) in [5.41, 5.74) is 1.64. The van der Waals surface area contributed by atoms with Gasteiger partial charge in [-0.15, -0.1) is 0 Å². The van der Waals surface area contributed by atoms with Gasteiger partial charge in [-0.3, -0.25) is 14.7 Å². The first-order chi connectivity index (χ1) is 9.40. The predicted octanol–water partition coefficient (Wildman–Crippen LogP) is 1.49. The molecule has 1 amide bonds. The van der Waals surface area contributed by atoms with E-state index in [9.17, 15) is 9.59 Å². The molecular formula is C13H17N5O2. The third-order valence-corrected chi connectivity index (χ3v) is 3.16. The van der Waals surface area contributed by atoms with E-state index in [4.69, 9.17) is 0 Å². The summed E-state index contributed by atoms with van der Waals surface area (Å²) >= 11 is 0. The Morgan fingerprint density at radius 2 is 1.95 bits per heavy atom. The van der Waals surface area contributed by atoms with Crippen molar-refractivity contribution in [3.63, 3.8) is 0 Å². The average molecular weight is 275 g/mol. The van der Waals surface area contributed by atoms with Crippen LogP contribution in [0.2, 0.25) is 0 Å². The molecule has 20 heavy (non-hydrogen) atoms. The third-order valence-electron chi connectivity index (χ3n) is 3.16. The lowest BCUT2D eigenvalue weighted by atomic mass is 10.1. The molecule has 3 N–H and O–H groups in total. The Morgan fingerprint density at radius 3 is 2.55 bits per heavy atom. The number of aromatic amines is 2. The highest BCUT2D eigenvalue weighted by atomic mass is 16.2. The van der Waals surface area contributed by atoms with E-state index < -0.39 is 11.5 Å². The highest BCUT2D eigenvalue weighted by molar-refractivity contribution is 6.04. The van der Waals surface area contributed by atoms with E-state index >= 15 is 0 Å². The van der Waals surface area contributed by atoms with Crippen molar-refractivity contribution in [3.8, 4) is 0 Å². The van der Waals surface area contributed by atoms with Crippen LogP contribution in [-0.2, 0) is 0 Å². The Labute approximate surface area is 115 Å². The molecule has 0 spiro atoms. The number of anilines is 1. The Hall–Kier alpha value is -2.44. The lowest BCUT2D eigenvalue weighted by molar-refractivity contribution is 0.102. The number of hydrogen-bond acceptors (Lipinski definition) is 4. The van der Waals surface area contributed by atoms with Gasteiger partial charge in [0.15, 0.2) is 5.82 Å². The van der Waals surface area contributed by atoms with E-state index in [1.807, 2.05) is 13.8 Å². The van der Waals surface area contributed by atoms with Crippen LogP contribution in [0.5, 0.6) is 0 Å². The number of aryl methyl sites for hydroxylation is 1. The van der Waals surface area contributed by atoms with Crippen LogP contribution < -0.4 is 10.9 Å². The number of nitrogens with zero attached hydrogens (tertiary/aromatic N) is 2. The van der Waals surface area contributed by atoms with Crippen molar-refractivity contribution in [2.45, 2.75) is 33.6 Å². The van der Waals surface area contributed by atoms with Gasteiger partial charge in [0.25, 0.3) is 11.5 Å². The summed E-state index contributed by atoms with van der Waals surface area (Å²) in [7, 11) is 0. The van der Waals surface area contributed by atoms with E-state index in [0.29, 0.717) is 17.1 Å². The molecule has 0 saturated carbocycles. The van der Waals surface area contributed by atoms with Crippen molar-refractivity contribution in [1.29, 1.82) is 0 Å². The summed E-state index contributed by atoms with van der Waals surface area (Å²) in [6.07, 6.45) is 0. The molecule has 0 fully saturated rings. The molecule has 0 aromatic carbocycles. The van der Waals surface area contributed by atoms with Gasteiger partial charge in [-0.05, 0) is 25.3 Å². The summed E-state index contributed by atoms with van der Waals surface area (Å²) < 4.78 is 0. The van der Waals surface area contributed by atoms with Crippen molar-refractivity contribution in [2.24, 2.45) is 0 Å². The lowest BCUT2D eigenvalue weighted by Crippen LogP contribution is -2.26. The number of aromatic nitrogens is 4. The van der Waals surface area contributed by atoms with Crippen molar-refractivity contribution in [2.75, 3.05) is 5.32 Å². The minimum Gasteiger partial charge on any atom is -0.305 e. The van der Waals surface area contributed by atoms with E-state index in [-0.39, 0.29) is 11.5 Å². The van der Waals surface area contributed by atoms with Crippen LogP contribution in [0.3, 0.4) is 0 Å². The maximum Gasteiger partial charge on any atom is 0.277 e. The fraction of sp³-hybridized carbons (Fsp3) is 0.385. The van der Waals surface area contributed by atoms with Crippen molar-refractivity contribution in [1.82, 2.24) is 20.4 Å². The summed E-state index contributed by atoms with van der Waals surface area (Å²) in [5, 5.41) is 15.6. The molecule has 7 heteroatoms. The van der Waals surface area contributed by atoms with E-state index in [1.165, 1.54) is 0 Å². The highest BCUT2D eigenvalue weighted by Crippen LogP contribution is 2.15. The quantitative estimate of drug-likeness (QED) is 0.789. The van der Waals surface area contributed by atoms with Gasteiger partial charge >= 0.3 is 0 Å². The summed E-state index contributed by atoms with van der Waals surface area (Å²) in [6.45, 7) is 7.45. The Morgan fingerprint density at radius 1 is 1.25 bits per heavy atom. The van der Waals surface area contributed by atoms with Crippen molar-refractivity contribution >= 4 is 11.7 Å². The summed E-state index contributed by atoms with van der Waals surface area (Å²) in [5.74, 6) is 0.185. The Kier molecular flexibility index (Phi) is 3.69. The van der Waals surface area contributed by atoms with Crippen molar-refractivity contribution in [3.05, 3.63) is 38.9 Å². The molecule has 2 aromatic heterocycles. The molecule has 0 bridgehead atoms. The van der Waals surface area contributed by atoms with Crippen LogP contribution >= 0.6 is 0 Å². The van der Waals surface area contributed by atoms with Gasteiger partial charge in [0.05, 0.1) is 5.69 Å². The van der Waals surface area contributed by atoms with E-state index in [2.05, 4.69) is 25.7 Å². The van der Waals surface area contributed by atoms with Gasteiger partial charge in [-0.1, -0.05) is 13.8 Å². The fourth-order valence-corrected chi connectivity index (χ4v) is 1.77. The SMILES string of the molecule is Cc1n[nH]c(=O)c(C(=O)Nc2cc(C(C)C)[nH]n2)c1C. The van der Waals surface area contributed by atoms with Gasteiger partial charge in [0, 0.05) is 11.8 Å². The average Bonchev–Trinajstić information content (AvgIpc) is 2.83. The smallest absolute Gasteiger partial charge is 0.277 e. The molecule has 0 saturated heterocycles. The molecule has 2 heterocycles. The zero-order valence-corrected chi connectivity index (χ0v) is 11.9. The fourth-order valence-electron chi connectivity index (χ4n) is 1.77. The maximum absolute atomic E-state index is 12.2. The second-order valence-corrected chi connectivity index (χ2v) is 4.96. The number of carbonyl (C=O) groups excluding carboxylic acids is 1. The maximum atomic E-state index is 12.2. The molecule has 2 rings (SSSR count). The van der Waals surface area contributed by atoms with Crippen molar-refractivity contribution < 1.29 is 4.79 Å². The molecule has 0 aliphatic heterocycles. The summed E-state index contributed by atoms with van der Waals surface area (Å²) in [4.78, 5) is 23.9. The lowest BCUT2D eigenvalue weighted by Gasteiger charge is -2.05.